The summed E-state index contributed by atoms with van der Waals surface area (Å²) in [6.07, 6.45) is 7.08. The average Bonchev–Trinajstić information content (AvgIpc) is 2.78. The van der Waals surface area contributed by atoms with E-state index in [1.165, 1.54) is 0 Å². The molecule has 0 unspecified atom stereocenters. The predicted octanol–water partition coefficient (Wildman–Crippen LogP) is 2.02. The number of rotatable bonds is 1. The van der Waals surface area contributed by atoms with Gasteiger partial charge in [0.15, 0.2) is 0 Å². The zero-order valence-electron chi connectivity index (χ0n) is 7.88. The van der Waals surface area contributed by atoms with Crippen molar-refractivity contribution in [2.24, 2.45) is 0 Å². The topological polar surface area (TPSA) is 54.5 Å². The minimum absolute atomic E-state index is 0.872. The van der Waals surface area contributed by atoms with Crippen molar-refractivity contribution in [1.82, 2.24) is 20.2 Å². The molecule has 0 amide bonds. The van der Waals surface area contributed by atoms with Gasteiger partial charge in [-0.25, -0.2) is 0 Å². The second-order valence-electron chi connectivity index (χ2n) is 3.23. The van der Waals surface area contributed by atoms with Crippen LogP contribution in [0.25, 0.3) is 22.2 Å². The Morgan fingerprint density at radius 3 is 2.93 bits per heavy atom. The monoisotopic (exact) mass is 196 g/mol. The molecule has 4 nitrogen and oxygen atoms in total. The zero-order chi connectivity index (χ0) is 10.1. The molecule has 0 radical (unpaired) electrons. The highest BCUT2D eigenvalue weighted by molar-refractivity contribution is 5.90. The maximum atomic E-state index is 4.21. The molecule has 15 heavy (non-hydrogen) atoms. The van der Waals surface area contributed by atoms with Crippen LogP contribution >= 0.6 is 0 Å². The van der Waals surface area contributed by atoms with Gasteiger partial charge in [-0.15, -0.1) is 0 Å². The second-order valence-corrected chi connectivity index (χ2v) is 3.23. The Bertz CT molecular complexity index is 586. The van der Waals surface area contributed by atoms with Crippen LogP contribution in [0, 0.1) is 0 Å². The Labute approximate surface area is 86.0 Å². The minimum Gasteiger partial charge on any atom is -0.276 e. The molecule has 72 valence electrons. The molecule has 0 spiro atoms. The van der Waals surface area contributed by atoms with E-state index in [0.717, 1.165) is 22.2 Å². The van der Waals surface area contributed by atoms with Crippen molar-refractivity contribution < 1.29 is 0 Å². The normalized spacial score (nSPS) is 10.7. The molecular weight excluding hydrogens is 188 g/mol. The number of fused-ring (bicyclic) bond motifs is 1. The Morgan fingerprint density at radius 2 is 2.07 bits per heavy atom. The summed E-state index contributed by atoms with van der Waals surface area (Å²) in [7, 11) is 0. The maximum Gasteiger partial charge on any atom is 0.109 e. The van der Waals surface area contributed by atoms with Gasteiger partial charge in [0.05, 0.1) is 11.7 Å². The largest absolute Gasteiger partial charge is 0.276 e. The van der Waals surface area contributed by atoms with Crippen LogP contribution in [-0.4, -0.2) is 20.2 Å². The molecule has 3 heterocycles. The van der Waals surface area contributed by atoms with Crippen molar-refractivity contribution in [1.29, 1.82) is 0 Å². The van der Waals surface area contributed by atoms with Crippen LogP contribution in [0.4, 0.5) is 0 Å². The van der Waals surface area contributed by atoms with Gasteiger partial charge < -0.3 is 0 Å². The van der Waals surface area contributed by atoms with Crippen molar-refractivity contribution in [3.05, 3.63) is 43.0 Å². The summed E-state index contributed by atoms with van der Waals surface area (Å²) in [5.74, 6) is 0. The number of hydrogen-bond acceptors (Lipinski definition) is 3. The highest BCUT2D eigenvalue weighted by atomic mass is 15.1. The van der Waals surface area contributed by atoms with Crippen LogP contribution in [0.2, 0.25) is 0 Å². The fourth-order valence-corrected chi connectivity index (χ4v) is 1.61. The van der Waals surface area contributed by atoms with Gasteiger partial charge in [-0.2, -0.15) is 5.10 Å². The van der Waals surface area contributed by atoms with Crippen molar-refractivity contribution >= 4 is 11.0 Å². The van der Waals surface area contributed by atoms with Gasteiger partial charge in [-0.3, -0.25) is 15.1 Å². The summed E-state index contributed by atoms with van der Waals surface area (Å²) in [6.45, 7) is 0. The molecular formula is C11H8N4. The summed E-state index contributed by atoms with van der Waals surface area (Å²) < 4.78 is 0. The lowest BCUT2D eigenvalue weighted by Gasteiger charge is -2.00. The lowest BCUT2D eigenvalue weighted by Crippen LogP contribution is -1.83. The van der Waals surface area contributed by atoms with E-state index in [0.29, 0.717) is 0 Å². The molecule has 1 N–H and O–H groups in total. The first kappa shape index (κ1) is 8.11. The Balaban J connectivity index is 2.31. The standard InChI is InChI=1S/C11H8N4/c1-2-8(6-12-4-1)9-3-5-13-10-7-14-15-11(9)10/h1-7H,(H,14,15). The van der Waals surface area contributed by atoms with Gasteiger partial charge in [-0.1, -0.05) is 6.07 Å². The van der Waals surface area contributed by atoms with Crippen LogP contribution in [0.15, 0.2) is 43.0 Å². The van der Waals surface area contributed by atoms with Crippen LogP contribution < -0.4 is 0 Å². The maximum absolute atomic E-state index is 4.21. The smallest absolute Gasteiger partial charge is 0.109 e. The van der Waals surface area contributed by atoms with Crippen molar-refractivity contribution in [2.45, 2.75) is 0 Å². The molecule has 0 bridgehead atoms. The van der Waals surface area contributed by atoms with Gasteiger partial charge in [0, 0.05) is 29.7 Å². The molecule has 3 aromatic rings. The van der Waals surface area contributed by atoms with E-state index in [4.69, 9.17) is 0 Å². The summed E-state index contributed by atoms with van der Waals surface area (Å²) >= 11 is 0. The van der Waals surface area contributed by atoms with E-state index >= 15 is 0 Å². The third kappa shape index (κ3) is 1.27. The fraction of sp³-hybridized carbons (Fsp3) is 0. The summed E-state index contributed by atoms with van der Waals surface area (Å²) in [5.41, 5.74) is 3.96. The first-order valence-electron chi connectivity index (χ1n) is 4.63. The average molecular weight is 196 g/mol. The van der Waals surface area contributed by atoms with Crippen LogP contribution in [-0.2, 0) is 0 Å². The van der Waals surface area contributed by atoms with E-state index in [-0.39, 0.29) is 0 Å². The fourth-order valence-electron chi connectivity index (χ4n) is 1.61. The van der Waals surface area contributed by atoms with Crippen molar-refractivity contribution in [3.63, 3.8) is 0 Å². The van der Waals surface area contributed by atoms with Crippen LogP contribution in [0.3, 0.4) is 0 Å². The Hall–Kier alpha value is -2.23. The predicted molar refractivity (Wildman–Crippen MR) is 57.1 cm³/mol. The molecule has 0 saturated carbocycles. The molecule has 3 aromatic heterocycles. The molecule has 0 fully saturated rings. The van der Waals surface area contributed by atoms with E-state index in [1.807, 2.05) is 24.4 Å². The summed E-state index contributed by atoms with van der Waals surface area (Å²) in [4.78, 5) is 8.31. The Morgan fingerprint density at radius 1 is 1.07 bits per heavy atom. The molecule has 0 aromatic carbocycles. The SMILES string of the molecule is c1cncc(-c2ccnc3cn[nH]c23)c1. The first-order chi connectivity index (χ1) is 7.45. The van der Waals surface area contributed by atoms with Crippen LogP contribution in [0.5, 0.6) is 0 Å². The van der Waals surface area contributed by atoms with E-state index in [1.54, 1.807) is 18.6 Å². The number of H-pyrrole nitrogens is 1. The third-order valence-electron chi connectivity index (χ3n) is 2.32. The molecule has 0 aliphatic carbocycles. The Kier molecular flexibility index (Phi) is 1.71. The molecule has 0 atom stereocenters. The summed E-state index contributed by atoms with van der Waals surface area (Å²) in [5, 5.41) is 6.93. The van der Waals surface area contributed by atoms with Gasteiger partial charge in [0.2, 0.25) is 0 Å². The molecule has 4 heteroatoms. The number of aromatic amines is 1. The van der Waals surface area contributed by atoms with Crippen molar-refractivity contribution in [2.75, 3.05) is 0 Å². The highest BCUT2D eigenvalue weighted by Gasteiger charge is 2.05. The number of nitrogens with zero attached hydrogens (tertiary/aromatic N) is 3. The van der Waals surface area contributed by atoms with E-state index in [9.17, 15) is 0 Å². The first-order valence-corrected chi connectivity index (χ1v) is 4.63. The number of nitrogens with one attached hydrogen (secondary N) is 1. The lowest BCUT2D eigenvalue weighted by atomic mass is 10.1. The number of hydrogen-bond donors (Lipinski definition) is 1. The van der Waals surface area contributed by atoms with Crippen molar-refractivity contribution in [3.8, 4) is 11.1 Å². The van der Waals surface area contributed by atoms with E-state index in [2.05, 4.69) is 20.2 Å². The van der Waals surface area contributed by atoms with Gasteiger partial charge in [0.1, 0.15) is 5.52 Å². The number of aromatic nitrogens is 4. The molecule has 0 saturated heterocycles. The lowest BCUT2D eigenvalue weighted by molar-refractivity contribution is 1.12. The summed E-state index contributed by atoms with van der Waals surface area (Å²) in [6, 6.07) is 5.89. The van der Waals surface area contributed by atoms with Gasteiger partial charge >= 0.3 is 0 Å². The highest BCUT2D eigenvalue weighted by Crippen LogP contribution is 2.24. The van der Waals surface area contributed by atoms with Crippen LogP contribution in [0.1, 0.15) is 0 Å². The quantitative estimate of drug-likeness (QED) is 0.647. The van der Waals surface area contributed by atoms with Gasteiger partial charge in [0.25, 0.3) is 0 Å². The molecule has 3 rings (SSSR count). The number of pyridine rings is 2. The third-order valence-corrected chi connectivity index (χ3v) is 2.32. The second kappa shape index (κ2) is 3.16. The van der Waals surface area contributed by atoms with E-state index < -0.39 is 0 Å². The molecule has 0 aliphatic heterocycles. The minimum atomic E-state index is 0.872. The zero-order valence-corrected chi connectivity index (χ0v) is 7.88. The van der Waals surface area contributed by atoms with Gasteiger partial charge in [-0.05, 0) is 12.1 Å². The molecule has 0 aliphatic rings.